The van der Waals surface area contributed by atoms with Gasteiger partial charge in [0.25, 0.3) is 5.91 Å². The molecule has 7 N–H and O–H groups in total. The minimum atomic E-state index is -1.36. The van der Waals surface area contributed by atoms with Crippen LogP contribution in [0.2, 0.25) is 0 Å². The van der Waals surface area contributed by atoms with Crippen molar-refractivity contribution in [2.24, 2.45) is 4.99 Å². The van der Waals surface area contributed by atoms with Crippen LogP contribution < -0.4 is 31.3 Å². The number of rotatable bonds is 12. The van der Waals surface area contributed by atoms with Crippen LogP contribution in [0.4, 0.5) is 4.79 Å². The summed E-state index contributed by atoms with van der Waals surface area (Å²) in [5.41, 5.74) is 0.977. The maximum Gasteiger partial charge on any atom is 0.328 e. The normalized spacial score (nSPS) is 13.1. The third-order valence-corrected chi connectivity index (χ3v) is 5.16. The Morgan fingerprint density at radius 1 is 1.08 bits per heavy atom. The van der Waals surface area contributed by atoms with Crippen molar-refractivity contribution < 1.29 is 29.3 Å². The molecule has 2 aromatic rings. The molecule has 36 heavy (non-hydrogen) atoms. The summed E-state index contributed by atoms with van der Waals surface area (Å²) in [5.74, 6) is -1.24. The quantitative estimate of drug-likeness (QED) is 0.201. The van der Waals surface area contributed by atoms with E-state index in [1.807, 2.05) is 30.3 Å². The minimum absolute atomic E-state index is 0.0542. The van der Waals surface area contributed by atoms with Gasteiger partial charge >= 0.3 is 12.0 Å². The highest BCUT2D eigenvalue weighted by atomic mass is 16.5. The van der Waals surface area contributed by atoms with E-state index in [1.54, 1.807) is 0 Å². The molecule has 0 radical (unpaired) electrons. The van der Waals surface area contributed by atoms with E-state index in [-0.39, 0.29) is 17.9 Å². The number of phenolic OH excluding ortho intramolecular Hbond substituents is 1. The Bertz CT molecular complexity index is 1080. The highest BCUT2D eigenvalue weighted by Crippen LogP contribution is 2.23. The lowest BCUT2D eigenvalue weighted by atomic mass is 10.1. The summed E-state index contributed by atoms with van der Waals surface area (Å²) < 4.78 is 5.55. The number of aromatic hydroxyl groups is 1. The molecule has 0 saturated carbocycles. The second kappa shape index (κ2) is 13.4. The topological polar surface area (TPSA) is 173 Å². The first-order valence-corrected chi connectivity index (χ1v) is 11.5. The molecular formula is C24H30N6O6. The van der Waals surface area contributed by atoms with Crippen LogP contribution in [0.15, 0.2) is 53.5 Å². The molecule has 3 amide bonds. The number of carbonyl (C=O) groups excluding carboxylic acids is 2. The van der Waals surface area contributed by atoms with Crippen molar-refractivity contribution in [1.29, 1.82) is 0 Å². The van der Waals surface area contributed by atoms with Crippen LogP contribution in [-0.4, -0.2) is 79.5 Å². The predicted molar refractivity (Wildman–Crippen MR) is 132 cm³/mol. The fraction of sp³-hybridized carbons (Fsp3) is 0.333. The molecule has 0 fully saturated rings. The molecule has 3 rings (SSSR count). The number of aliphatic carboxylic acids is 1. The van der Waals surface area contributed by atoms with Gasteiger partial charge in [-0.1, -0.05) is 30.3 Å². The Balaban J connectivity index is 1.41. The number of hydrogen-bond acceptors (Lipinski definition) is 8. The van der Waals surface area contributed by atoms with Gasteiger partial charge in [0.15, 0.2) is 5.96 Å². The second-order valence-corrected chi connectivity index (χ2v) is 7.85. The molecule has 0 saturated heterocycles. The van der Waals surface area contributed by atoms with Crippen molar-refractivity contribution in [3.63, 3.8) is 0 Å². The van der Waals surface area contributed by atoms with E-state index < -0.39 is 23.9 Å². The number of benzene rings is 2. The van der Waals surface area contributed by atoms with Crippen molar-refractivity contribution in [3.05, 3.63) is 59.7 Å². The SMILES string of the molecule is O=C(NCCc1ccccc1)N[C@@H](CNC(=O)c1ccc(OCCNC2=NCCN2)cc1O)C(=O)O. The zero-order valence-corrected chi connectivity index (χ0v) is 19.6. The number of hydrogen-bond donors (Lipinski definition) is 7. The minimum Gasteiger partial charge on any atom is -0.507 e. The molecular weight excluding hydrogens is 468 g/mol. The predicted octanol–water partition coefficient (Wildman–Crippen LogP) is 0.0447. The lowest BCUT2D eigenvalue weighted by Crippen LogP contribution is -2.51. The number of carboxylic acids is 1. The van der Waals surface area contributed by atoms with Gasteiger partial charge in [-0.3, -0.25) is 9.79 Å². The largest absolute Gasteiger partial charge is 0.507 e. The summed E-state index contributed by atoms with van der Waals surface area (Å²) in [6.07, 6.45) is 0.588. The zero-order valence-electron chi connectivity index (χ0n) is 19.6. The lowest BCUT2D eigenvalue weighted by molar-refractivity contribution is -0.139. The number of phenols is 1. The molecule has 12 heteroatoms. The van der Waals surface area contributed by atoms with Crippen LogP contribution in [0.25, 0.3) is 0 Å². The summed E-state index contributed by atoms with van der Waals surface area (Å²) in [4.78, 5) is 40.3. The Morgan fingerprint density at radius 2 is 1.89 bits per heavy atom. The van der Waals surface area contributed by atoms with Gasteiger partial charge in [-0.15, -0.1) is 0 Å². The summed E-state index contributed by atoms with van der Waals surface area (Å²) in [7, 11) is 0. The Labute approximate surface area is 208 Å². The Morgan fingerprint density at radius 3 is 2.58 bits per heavy atom. The van der Waals surface area contributed by atoms with E-state index in [0.717, 1.165) is 18.7 Å². The third-order valence-electron chi connectivity index (χ3n) is 5.16. The molecule has 1 aliphatic rings. The van der Waals surface area contributed by atoms with Gasteiger partial charge in [-0.2, -0.15) is 0 Å². The smallest absolute Gasteiger partial charge is 0.328 e. The number of ether oxygens (including phenoxy) is 1. The fourth-order valence-corrected chi connectivity index (χ4v) is 3.31. The summed E-state index contributed by atoms with van der Waals surface area (Å²) in [5, 5.41) is 33.1. The molecule has 0 unspecified atom stereocenters. The molecule has 0 bridgehead atoms. The highest BCUT2D eigenvalue weighted by molar-refractivity contribution is 5.97. The fourth-order valence-electron chi connectivity index (χ4n) is 3.31. The molecule has 0 aromatic heterocycles. The Kier molecular flexibility index (Phi) is 9.74. The third kappa shape index (κ3) is 8.38. The molecule has 12 nitrogen and oxygen atoms in total. The van der Waals surface area contributed by atoms with E-state index in [4.69, 9.17) is 4.74 Å². The van der Waals surface area contributed by atoms with Crippen molar-refractivity contribution in [1.82, 2.24) is 26.6 Å². The number of aliphatic imine (C=N–C) groups is 1. The molecule has 2 aromatic carbocycles. The Hall–Kier alpha value is -4.48. The van der Waals surface area contributed by atoms with Crippen LogP contribution in [0.5, 0.6) is 11.5 Å². The first-order chi connectivity index (χ1) is 17.4. The molecule has 1 aliphatic heterocycles. The van der Waals surface area contributed by atoms with Crippen molar-refractivity contribution in [2.75, 3.05) is 39.3 Å². The summed E-state index contributed by atoms with van der Waals surface area (Å²) >= 11 is 0. The standard InChI is InChI=1S/C24H30N6O6/c31-20-14-17(36-13-12-27-23-25-10-11-26-23)6-7-18(20)21(32)29-15-19(22(33)34)30-24(35)28-9-8-16-4-2-1-3-5-16/h1-7,14,19,31H,8-13,15H2,(H,29,32)(H,33,34)(H2,25,26,27)(H2,28,30,35)/t19-/m0/s1. The number of nitrogens with zero attached hydrogens (tertiary/aromatic N) is 1. The van der Waals surface area contributed by atoms with E-state index in [9.17, 15) is 24.6 Å². The van der Waals surface area contributed by atoms with Crippen LogP contribution in [0.1, 0.15) is 15.9 Å². The summed E-state index contributed by atoms with van der Waals surface area (Å²) in [6, 6.07) is 11.7. The molecule has 192 valence electrons. The first-order valence-electron chi connectivity index (χ1n) is 11.5. The van der Waals surface area contributed by atoms with Crippen LogP contribution in [0, 0.1) is 0 Å². The molecule has 1 heterocycles. The van der Waals surface area contributed by atoms with E-state index in [2.05, 4.69) is 31.6 Å². The molecule has 0 aliphatic carbocycles. The van der Waals surface area contributed by atoms with Gasteiger partial charge in [0.05, 0.1) is 18.7 Å². The first kappa shape index (κ1) is 26.1. The second-order valence-electron chi connectivity index (χ2n) is 7.85. The van der Waals surface area contributed by atoms with Crippen LogP contribution in [0.3, 0.4) is 0 Å². The van der Waals surface area contributed by atoms with E-state index in [0.29, 0.717) is 37.8 Å². The number of urea groups is 1. The van der Waals surface area contributed by atoms with Gasteiger partial charge < -0.3 is 41.5 Å². The van der Waals surface area contributed by atoms with Gasteiger partial charge in [0.2, 0.25) is 0 Å². The van der Waals surface area contributed by atoms with Crippen LogP contribution >= 0.6 is 0 Å². The summed E-state index contributed by atoms with van der Waals surface area (Å²) in [6.45, 7) is 2.28. The monoisotopic (exact) mass is 498 g/mol. The lowest BCUT2D eigenvalue weighted by Gasteiger charge is -2.16. The molecule has 0 spiro atoms. The molecule has 1 atom stereocenters. The van der Waals surface area contributed by atoms with Gasteiger partial charge in [-0.05, 0) is 24.1 Å². The van der Waals surface area contributed by atoms with E-state index >= 15 is 0 Å². The van der Waals surface area contributed by atoms with Gasteiger partial charge in [0.1, 0.15) is 24.1 Å². The number of carboxylic acid groups (broad SMARTS) is 1. The van der Waals surface area contributed by atoms with Crippen molar-refractivity contribution in [3.8, 4) is 11.5 Å². The van der Waals surface area contributed by atoms with E-state index in [1.165, 1.54) is 18.2 Å². The van der Waals surface area contributed by atoms with Gasteiger partial charge in [-0.25, -0.2) is 9.59 Å². The number of amides is 3. The maximum atomic E-state index is 12.5. The zero-order chi connectivity index (χ0) is 25.8. The highest BCUT2D eigenvalue weighted by Gasteiger charge is 2.22. The number of carbonyl (C=O) groups is 3. The number of nitrogens with one attached hydrogen (secondary N) is 5. The average Bonchev–Trinajstić information content (AvgIpc) is 3.38. The maximum absolute atomic E-state index is 12.5. The van der Waals surface area contributed by atoms with Crippen molar-refractivity contribution in [2.45, 2.75) is 12.5 Å². The number of guanidine groups is 1. The van der Waals surface area contributed by atoms with Crippen LogP contribution in [-0.2, 0) is 11.2 Å². The van der Waals surface area contributed by atoms with Crippen molar-refractivity contribution >= 4 is 23.9 Å². The average molecular weight is 499 g/mol. The van der Waals surface area contributed by atoms with Gasteiger partial charge in [0, 0.05) is 25.7 Å².